The van der Waals surface area contributed by atoms with Crippen LogP contribution in [-0.2, 0) is 17.9 Å². The summed E-state index contributed by atoms with van der Waals surface area (Å²) in [5.74, 6) is 0. The highest BCUT2D eigenvalue weighted by Gasteiger charge is 2.17. The van der Waals surface area contributed by atoms with Crippen LogP contribution in [0.5, 0.6) is 0 Å². The van der Waals surface area contributed by atoms with Crippen LogP contribution >= 0.6 is 0 Å². The van der Waals surface area contributed by atoms with Gasteiger partial charge in [-0.05, 0) is 30.9 Å². The Bertz CT molecular complexity index is 602. The zero-order chi connectivity index (χ0) is 13.1. The molecule has 96 valence electrons. The summed E-state index contributed by atoms with van der Waals surface area (Å²) in [6.45, 7) is 2.66. The van der Waals surface area contributed by atoms with E-state index in [1.165, 1.54) is 16.7 Å². The summed E-state index contributed by atoms with van der Waals surface area (Å²) in [6, 6.07) is 16.7. The lowest BCUT2D eigenvalue weighted by atomic mass is 10.1. The Morgan fingerprint density at radius 2 is 1.89 bits per heavy atom. The van der Waals surface area contributed by atoms with Gasteiger partial charge in [0.2, 0.25) is 0 Å². The second kappa shape index (κ2) is 5.27. The fourth-order valence-electron chi connectivity index (χ4n) is 2.45. The van der Waals surface area contributed by atoms with Gasteiger partial charge in [0.15, 0.2) is 0 Å². The number of hydrogen-bond acceptors (Lipinski definition) is 2. The minimum absolute atomic E-state index is 0.533. The van der Waals surface area contributed by atoms with Crippen molar-refractivity contribution in [3.05, 3.63) is 70.8 Å². The van der Waals surface area contributed by atoms with E-state index >= 15 is 0 Å². The van der Waals surface area contributed by atoms with E-state index in [9.17, 15) is 0 Å². The van der Waals surface area contributed by atoms with Crippen molar-refractivity contribution in [1.29, 1.82) is 0 Å². The van der Waals surface area contributed by atoms with Crippen LogP contribution < -0.4 is 0 Å². The highest BCUT2D eigenvalue weighted by molar-refractivity contribution is 6.04. The second-order valence-electron chi connectivity index (χ2n) is 4.96. The van der Waals surface area contributed by atoms with Gasteiger partial charge in [-0.2, -0.15) is 0 Å². The Balaban J connectivity index is 1.70. The zero-order valence-electron chi connectivity index (χ0n) is 11.1. The first-order valence-corrected chi connectivity index (χ1v) is 6.65. The number of oxime groups is 1. The molecule has 0 atom stereocenters. The quantitative estimate of drug-likeness (QED) is 0.759. The summed E-state index contributed by atoms with van der Waals surface area (Å²) in [5.41, 5.74) is 6.17. The van der Waals surface area contributed by atoms with Crippen molar-refractivity contribution in [2.45, 2.75) is 26.4 Å². The molecule has 0 spiro atoms. The molecule has 0 aliphatic heterocycles. The number of aryl methyl sites for hydroxylation is 2. The monoisotopic (exact) mass is 251 g/mol. The number of rotatable bonds is 3. The zero-order valence-corrected chi connectivity index (χ0v) is 11.1. The summed E-state index contributed by atoms with van der Waals surface area (Å²) >= 11 is 0. The van der Waals surface area contributed by atoms with Crippen LogP contribution in [0.4, 0.5) is 0 Å². The first-order chi connectivity index (χ1) is 9.33. The topological polar surface area (TPSA) is 21.6 Å². The molecule has 19 heavy (non-hydrogen) atoms. The molecule has 0 unspecified atom stereocenters. The number of benzene rings is 2. The van der Waals surface area contributed by atoms with Gasteiger partial charge in [-0.15, -0.1) is 0 Å². The average Bonchev–Trinajstić information content (AvgIpc) is 2.82. The van der Waals surface area contributed by atoms with Crippen molar-refractivity contribution < 1.29 is 4.84 Å². The van der Waals surface area contributed by atoms with Crippen molar-refractivity contribution in [1.82, 2.24) is 0 Å². The smallest absolute Gasteiger partial charge is 0.142 e. The highest BCUT2D eigenvalue weighted by Crippen LogP contribution is 2.23. The molecule has 0 aromatic heterocycles. The molecule has 0 radical (unpaired) electrons. The molecular weight excluding hydrogens is 234 g/mol. The van der Waals surface area contributed by atoms with Crippen molar-refractivity contribution in [2.75, 3.05) is 0 Å². The first kappa shape index (κ1) is 12.0. The Labute approximate surface area is 113 Å². The lowest BCUT2D eigenvalue weighted by Gasteiger charge is -2.03. The Kier molecular flexibility index (Phi) is 3.32. The SMILES string of the molecule is Cc1ccc2c(c1)CC/C2=N\OCc1ccccc1. The maximum Gasteiger partial charge on any atom is 0.142 e. The Hall–Kier alpha value is -2.09. The molecule has 2 aromatic rings. The number of fused-ring (bicyclic) bond motifs is 1. The van der Waals surface area contributed by atoms with E-state index in [0.29, 0.717) is 6.61 Å². The van der Waals surface area contributed by atoms with Gasteiger partial charge in [0, 0.05) is 5.56 Å². The predicted molar refractivity (Wildman–Crippen MR) is 77.3 cm³/mol. The Morgan fingerprint density at radius 3 is 2.74 bits per heavy atom. The molecule has 0 saturated carbocycles. The van der Waals surface area contributed by atoms with E-state index in [1.54, 1.807) is 0 Å². The molecule has 1 aliphatic rings. The van der Waals surface area contributed by atoms with Crippen molar-refractivity contribution >= 4 is 5.71 Å². The molecule has 0 N–H and O–H groups in total. The van der Waals surface area contributed by atoms with E-state index in [4.69, 9.17) is 4.84 Å². The molecule has 0 saturated heterocycles. The molecule has 0 fully saturated rings. The van der Waals surface area contributed by atoms with Gasteiger partial charge >= 0.3 is 0 Å². The number of hydrogen-bond donors (Lipinski definition) is 0. The van der Waals surface area contributed by atoms with Gasteiger partial charge in [0.25, 0.3) is 0 Å². The van der Waals surface area contributed by atoms with E-state index in [-0.39, 0.29) is 0 Å². The third-order valence-corrected chi connectivity index (χ3v) is 3.45. The van der Waals surface area contributed by atoms with Gasteiger partial charge in [-0.3, -0.25) is 0 Å². The van der Waals surface area contributed by atoms with Gasteiger partial charge in [0.05, 0.1) is 5.71 Å². The lowest BCUT2D eigenvalue weighted by Crippen LogP contribution is -1.97. The summed E-state index contributed by atoms with van der Waals surface area (Å²) < 4.78 is 0. The van der Waals surface area contributed by atoms with Crippen molar-refractivity contribution in [3.63, 3.8) is 0 Å². The molecule has 2 nitrogen and oxygen atoms in total. The predicted octanol–water partition coefficient (Wildman–Crippen LogP) is 3.86. The van der Waals surface area contributed by atoms with E-state index in [1.807, 2.05) is 30.3 Å². The van der Waals surface area contributed by atoms with Gasteiger partial charge in [-0.1, -0.05) is 59.3 Å². The molecule has 0 amide bonds. The van der Waals surface area contributed by atoms with E-state index < -0.39 is 0 Å². The standard InChI is InChI=1S/C17H17NO/c1-13-7-9-16-15(11-13)8-10-17(16)18-19-12-14-5-3-2-4-6-14/h2-7,9,11H,8,10,12H2,1H3/b18-17+. The van der Waals surface area contributed by atoms with Crippen molar-refractivity contribution in [3.8, 4) is 0 Å². The minimum atomic E-state index is 0.533. The molecule has 3 rings (SSSR count). The van der Waals surface area contributed by atoms with Crippen LogP contribution in [0.15, 0.2) is 53.7 Å². The van der Waals surface area contributed by atoms with Crippen LogP contribution in [0.1, 0.15) is 28.7 Å². The second-order valence-corrected chi connectivity index (χ2v) is 4.96. The van der Waals surface area contributed by atoms with Crippen LogP contribution in [0.3, 0.4) is 0 Å². The van der Waals surface area contributed by atoms with Gasteiger partial charge < -0.3 is 4.84 Å². The summed E-state index contributed by atoms with van der Waals surface area (Å²) in [7, 11) is 0. The third kappa shape index (κ3) is 2.68. The minimum Gasteiger partial charge on any atom is -0.391 e. The largest absolute Gasteiger partial charge is 0.391 e. The third-order valence-electron chi connectivity index (χ3n) is 3.45. The maximum atomic E-state index is 5.48. The number of nitrogens with zero attached hydrogens (tertiary/aromatic N) is 1. The summed E-state index contributed by atoms with van der Waals surface area (Å²) in [4.78, 5) is 5.48. The maximum absolute atomic E-state index is 5.48. The van der Waals surface area contributed by atoms with Crippen molar-refractivity contribution in [2.24, 2.45) is 5.16 Å². The normalized spacial score (nSPS) is 15.5. The fraction of sp³-hybridized carbons (Fsp3) is 0.235. The average molecular weight is 251 g/mol. The van der Waals surface area contributed by atoms with Crippen LogP contribution in [0.2, 0.25) is 0 Å². The fourth-order valence-corrected chi connectivity index (χ4v) is 2.45. The molecular formula is C17H17NO. The van der Waals surface area contributed by atoms with E-state index in [0.717, 1.165) is 24.1 Å². The summed E-state index contributed by atoms with van der Waals surface area (Å²) in [5, 5.41) is 4.31. The molecule has 0 bridgehead atoms. The molecule has 2 heteroatoms. The van der Waals surface area contributed by atoms with Crippen LogP contribution in [0.25, 0.3) is 0 Å². The van der Waals surface area contributed by atoms with E-state index in [2.05, 4.69) is 30.3 Å². The lowest BCUT2D eigenvalue weighted by molar-refractivity contribution is 0.130. The summed E-state index contributed by atoms with van der Waals surface area (Å²) in [6.07, 6.45) is 2.05. The molecule has 2 aromatic carbocycles. The van der Waals surface area contributed by atoms with Gasteiger partial charge in [-0.25, -0.2) is 0 Å². The molecule has 0 heterocycles. The molecule has 1 aliphatic carbocycles. The first-order valence-electron chi connectivity index (χ1n) is 6.65. The highest BCUT2D eigenvalue weighted by atomic mass is 16.6. The van der Waals surface area contributed by atoms with Crippen LogP contribution in [0, 0.1) is 6.92 Å². The van der Waals surface area contributed by atoms with Crippen LogP contribution in [-0.4, -0.2) is 5.71 Å². The Morgan fingerprint density at radius 1 is 1.05 bits per heavy atom. The van der Waals surface area contributed by atoms with Gasteiger partial charge in [0.1, 0.15) is 6.61 Å².